The van der Waals surface area contributed by atoms with Gasteiger partial charge in [0.15, 0.2) is 0 Å². The van der Waals surface area contributed by atoms with Crippen LogP contribution in [0, 0.1) is 0 Å². The van der Waals surface area contributed by atoms with Gasteiger partial charge in [-0.05, 0) is 57.8 Å². The molecular weight excluding hydrogens is 262 g/mol. The number of carbonyl (C=O) groups is 1. The summed E-state index contributed by atoms with van der Waals surface area (Å²) >= 11 is 1.31. The van der Waals surface area contributed by atoms with Crippen LogP contribution in [0.15, 0.2) is 6.07 Å². The van der Waals surface area contributed by atoms with Crippen molar-refractivity contribution in [3.8, 4) is 0 Å². The van der Waals surface area contributed by atoms with Crippen molar-refractivity contribution in [1.29, 1.82) is 0 Å². The Hall–Kier alpha value is -1.14. The fourth-order valence-electron chi connectivity index (χ4n) is 2.05. The summed E-state index contributed by atoms with van der Waals surface area (Å²) in [6.45, 7) is 7.59. The third-order valence-electron chi connectivity index (χ3n) is 2.87. The van der Waals surface area contributed by atoms with E-state index in [4.69, 9.17) is 4.74 Å². The first-order chi connectivity index (χ1) is 8.94. The Bertz CT molecular complexity index is 433. The Morgan fingerprint density at radius 1 is 1.58 bits per heavy atom. The van der Waals surface area contributed by atoms with Crippen molar-refractivity contribution < 1.29 is 9.53 Å². The number of piperidine rings is 1. The number of nitrogens with zero attached hydrogens (tertiary/aromatic N) is 1. The maximum atomic E-state index is 11.6. The Morgan fingerprint density at radius 2 is 2.37 bits per heavy atom. The van der Waals surface area contributed by atoms with Gasteiger partial charge in [0.1, 0.15) is 10.6 Å². The van der Waals surface area contributed by atoms with E-state index in [1.807, 2.05) is 26.8 Å². The summed E-state index contributed by atoms with van der Waals surface area (Å²) in [5.74, 6) is 0.458. The Kier molecular flexibility index (Phi) is 4.42. The van der Waals surface area contributed by atoms with Gasteiger partial charge in [-0.3, -0.25) is 5.32 Å². The first-order valence-electron chi connectivity index (χ1n) is 6.61. The number of ether oxygens (including phenoxy) is 1. The number of hydrogen-bond acceptors (Lipinski definition) is 5. The zero-order chi connectivity index (χ0) is 13.9. The van der Waals surface area contributed by atoms with E-state index >= 15 is 0 Å². The average molecular weight is 283 g/mol. The fourth-order valence-corrected chi connectivity index (χ4v) is 2.76. The summed E-state index contributed by atoms with van der Waals surface area (Å²) in [6.07, 6.45) is 1.91. The van der Waals surface area contributed by atoms with Crippen LogP contribution in [0.1, 0.15) is 45.2 Å². The smallest absolute Gasteiger partial charge is 0.412 e. The Morgan fingerprint density at radius 3 is 3.00 bits per heavy atom. The second-order valence-corrected chi connectivity index (χ2v) is 6.59. The minimum absolute atomic E-state index is 0.426. The molecule has 106 valence electrons. The van der Waals surface area contributed by atoms with Crippen LogP contribution >= 0.6 is 11.5 Å². The molecule has 19 heavy (non-hydrogen) atoms. The average Bonchev–Trinajstić information content (AvgIpc) is 2.76. The summed E-state index contributed by atoms with van der Waals surface area (Å²) in [6, 6.07) is 1.95. The molecule has 1 unspecified atom stereocenters. The van der Waals surface area contributed by atoms with Crippen molar-refractivity contribution in [2.24, 2.45) is 0 Å². The highest BCUT2D eigenvalue weighted by atomic mass is 32.1. The highest BCUT2D eigenvalue weighted by Gasteiger charge is 2.20. The molecule has 1 aromatic heterocycles. The van der Waals surface area contributed by atoms with Crippen LogP contribution in [0.3, 0.4) is 0 Å². The van der Waals surface area contributed by atoms with Crippen molar-refractivity contribution in [3.05, 3.63) is 11.8 Å². The molecule has 0 spiro atoms. The van der Waals surface area contributed by atoms with Crippen molar-refractivity contribution in [3.63, 3.8) is 0 Å². The van der Waals surface area contributed by atoms with Gasteiger partial charge >= 0.3 is 6.09 Å². The van der Waals surface area contributed by atoms with Crippen molar-refractivity contribution in [2.75, 3.05) is 18.4 Å². The zero-order valence-corrected chi connectivity index (χ0v) is 12.5. The molecular formula is C13H21N3O2S. The molecule has 1 saturated heterocycles. The number of nitrogens with one attached hydrogen (secondary N) is 2. The van der Waals surface area contributed by atoms with Crippen LogP contribution in [-0.4, -0.2) is 29.2 Å². The molecule has 1 atom stereocenters. The van der Waals surface area contributed by atoms with Crippen molar-refractivity contribution in [2.45, 2.75) is 45.1 Å². The topological polar surface area (TPSA) is 63.2 Å². The first kappa shape index (κ1) is 14.3. The third kappa shape index (κ3) is 4.47. The zero-order valence-electron chi connectivity index (χ0n) is 11.7. The molecule has 2 rings (SSSR count). The fraction of sp³-hybridized carbons (Fsp3) is 0.692. The second-order valence-electron chi connectivity index (χ2n) is 5.79. The van der Waals surface area contributed by atoms with E-state index in [0.717, 1.165) is 30.2 Å². The number of hydrogen-bond donors (Lipinski definition) is 2. The van der Waals surface area contributed by atoms with Gasteiger partial charge in [0.25, 0.3) is 0 Å². The summed E-state index contributed by atoms with van der Waals surface area (Å²) in [4.78, 5) is 11.6. The number of aromatic nitrogens is 1. The highest BCUT2D eigenvalue weighted by Crippen LogP contribution is 2.27. The van der Waals surface area contributed by atoms with E-state index in [-0.39, 0.29) is 0 Å². The van der Waals surface area contributed by atoms with Crippen LogP contribution < -0.4 is 10.6 Å². The summed E-state index contributed by atoms with van der Waals surface area (Å²) < 4.78 is 9.63. The van der Waals surface area contributed by atoms with E-state index in [1.165, 1.54) is 18.0 Å². The summed E-state index contributed by atoms with van der Waals surface area (Å²) in [5.41, 5.74) is 0.577. The lowest BCUT2D eigenvalue weighted by atomic mass is 9.96. The minimum Gasteiger partial charge on any atom is -0.444 e. The van der Waals surface area contributed by atoms with Gasteiger partial charge in [0.2, 0.25) is 0 Å². The molecule has 6 heteroatoms. The molecule has 1 aliphatic heterocycles. The van der Waals surface area contributed by atoms with Crippen molar-refractivity contribution in [1.82, 2.24) is 9.69 Å². The highest BCUT2D eigenvalue weighted by molar-refractivity contribution is 7.10. The molecule has 1 fully saturated rings. The normalized spacial score (nSPS) is 20.1. The van der Waals surface area contributed by atoms with Crippen LogP contribution in [0.4, 0.5) is 9.80 Å². The first-order valence-corrected chi connectivity index (χ1v) is 7.39. The standard InChI is InChI=1S/C13H21N3O2S/c1-13(2,3)18-12(17)15-11-7-10(16-19-11)9-5-4-6-14-8-9/h7,9,14H,4-6,8H2,1-3H3,(H,15,17). The van der Waals surface area contributed by atoms with E-state index in [1.54, 1.807) is 0 Å². The second kappa shape index (κ2) is 5.88. The Balaban J connectivity index is 1.91. The van der Waals surface area contributed by atoms with Crippen LogP contribution in [0.5, 0.6) is 0 Å². The molecule has 0 saturated carbocycles. The van der Waals surface area contributed by atoms with E-state index < -0.39 is 11.7 Å². The monoisotopic (exact) mass is 283 g/mol. The largest absolute Gasteiger partial charge is 0.444 e. The van der Waals surface area contributed by atoms with Gasteiger partial charge in [-0.15, -0.1) is 0 Å². The molecule has 2 heterocycles. The molecule has 0 bridgehead atoms. The predicted molar refractivity (Wildman–Crippen MR) is 76.8 cm³/mol. The van der Waals surface area contributed by atoms with Gasteiger partial charge in [0, 0.05) is 12.5 Å². The van der Waals surface area contributed by atoms with Crippen LogP contribution in [0.2, 0.25) is 0 Å². The SMILES string of the molecule is CC(C)(C)OC(=O)Nc1cc(C2CCCNC2)ns1. The number of amides is 1. The van der Waals surface area contributed by atoms with Gasteiger partial charge < -0.3 is 10.1 Å². The van der Waals surface area contributed by atoms with Gasteiger partial charge in [-0.1, -0.05) is 0 Å². The van der Waals surface area contributed by atoms with Crippen LogP contribution in [-0.2, 0) is 4.74 Å². The molecule has 5 nitrogen and oxygen atoms in total. The van der Waals surface area contributed by atoms with E-state index in [2.05, 4.69) is 15.0 Å². The van der Waals surface area contributed by atoms with Gasteiger partial charge in [0.05, 0.1) is 5.69 Å². The Labute approximate surface area is 117 Å². The van der Waals surface area contributed by atoms with E-state index in [0.29, 0.717) is 5.92 Å². The maximum Gasteiger partial charge on any atom is 0.412 e. The van der Waals surface area contributed by atoms with Crippen molar-refractivity contribution >= 4 is 22.6 Å². The maximum absolute atomic E-state index is 11.6. The van der Waals surface area contributed by atoms with E-state index in [9.17, 15) is 4.79 Å². The number of carbonyl (C=O) groups excluding carboxylic acids is 1. The molecule has 1 aliphatic rings. The summed E-state index contributed by atoms with van der Waals surface area (Å²) in [5, 5.41) is 6.84. The number of rotatable bonds is 2. The summed E-state index contributed by atoms with van der Waals surface area (Å²) in [7, 11) is 0. The quantitative estimate of drug-likeness (QED) is 0.876. The van der Waals surface area contributed by atoms with Gasteiger partial charge in [-0.25, -0.2) is 4.79 Å². The molecule has 0 aliphatic carbocycles. The lowest BCUT2D eigenvalue weighted by Crippen LogP contribution is -2.28. The molecule has 2 N–H and O–H groups in total. The molecule has 0 radical (unpaired) electrons. The molecule has 0 aromatic carbocycles. The lowest BCUT2D eigenvalue weighted by molar-refractivity contribution is 0.0636. The molecule has 1 aromatic rings. The lowest BCUT2D eigenvalue weighted by Gasteiger charge is -2.20. The third-order valence-corrected chi connectivity index (χ3v) is 3.59. The predicted octanol–water partition coefficient (Wildman–Crippen LogP) is 2.96. The van der Waals surface area contributed by atoms with Gasteiger partial charge in [-0.2, -0.15) is 4.37 Å². The molecule has 1 amide bonds. The minimum atomic E-state index is -0.481. The number of anilines is 1. The van der Waals surface area contributed by atoms with Crippen LogP contribution in [0.25, 0.3) is 0 Å².